The Labute approximate surface area is 158 Å². The van der Waals surface area contributed by atoms with Gasteiger partial charge in [-0.2, -0.15) is 0 Å². The van der Waals surface area contributed by atoms with Crippen LogP contribution in [0.15, 0.2) is 33.9 Å². The Morgan fingerprint density at radius 2 is 2.15 bits per heavy atom. The molecule has 0 aromatic carbocycles. The molecular formula is C20H25N3O2S. The summed E-state index contributed by atoms with van der Waals surface area (Å²) in [6.45, 7) is 3.66. The van der Waals surface area contributed by atoms with E-state index in [-0.39, 0.29) is 5.91 Å². The molecule has 1 saturated heterocycles. The van der Waals surface area contributed by atoms with E-state index < -0.39 is 0 Å². The second-order valence-corrected chi connectivity index (χ2v) is 8.38. The zero-order chi connectivity index (χ0) is 17.9. The Morgan fingerprint density at radius 3 is 2.96 bits per heavy atom. The standard InChI is InChI=1S/C20H25N3O2S/c1-14-11-17(22-25-14)13-26-19-18(7-4-9-21-19)20(24)23-10-8-15-5-2-3-6-16(15)12-23/h4,7,9,11,15-16H,2-3,5-6,8,10,12-13H2,1H3. The van der Waals surface area contributed by atoms with Crippen LogP contribution in [-0.2, 0) is 5.75 Å². The summed E-state index contributed by atoms with van der Waals surface area (Å²) in [5.41, 5.74) is 1.59. The number of aromatic nitrogens is 2. The van der Waals surface area contributed by atoms with Crippen molar-refractivity contribution in [3.63, 3.8) is 0 Å². The number of pyridine rings is 1. The molecule has 1 aliphatic heterocycles. The van der Waals surface area contributed by atoms with Crippen LogP contribution in [0.1, 0.15) is 53.9 Å². The average Bonchev–Trinajstić information content (AvgIpc) is 3.11. The molecule has 0 radical (unpaired) electrons. The van der Waals surface area contributed by atoms with Crippen molar-refractivity contribution in [2.24, 2.45) is 11.8 Å². The lowest BCUT2D eigenvalue weighted by Gasteiger charge is -2.41. The van der Waals surface area contributed by atoms with Crippen LogP contribution < -0.4 is 0 Å². The van der Waals surface area contributed by atoms with E-state index >= 15 is 0 Å². The molecule has 0 N–H and O–H groups in total. The van der Waals surface area contributed by atoms with Gasteiger partial charge in [-0.25, -0.2) is 4.98 Å². The Kier molecular flexibility index (Phi) is 5.29. The minimum atomic E-state index is 0.126. The van der Waals surface area contributed by atoms with Gasteiger partial charge < -0.3 is 9.42 Å². The first-order valence-electron chi connectivity index (χ1n) is 9.50. The summed E-state index contributed by atoms with van der Waals surface area (Å²) in [7, 11) is 0. The van der Waals surface area contributed by atoms with Crippen LogP contribution in [0.2, 0.25) is 0 Å². The normalized spacial score (nSPS) is 22.9. The fraction of sp³-hybridized carbons (Fsp3) is 0.550. The van der Waals surface area contributed by atoms with Gasteiger partial charge in [0.1, 0.15) is 10.8 Å². The highest BCUT2D eigenvalue weighted by Gasteiger charge is 2.33. The van der Waals surface area contributed by atoms with Crippen molar-refractivity contribution in [2.45, 2.75) is 49.8 Å². The van der Waals surface area contributed by atoms with Crippen LogP contribution in [0.4, 0.5) is 0 Å². The fourth-order valence-electron chi connectivity index (χ4n) is 4.25. The third-order valence-corrected chi connectivity index (χ3v) is 6.65. The Bertz CT molecular complexity index is 776. The van der Waals surface area contributed by atoms with Crippen LogP contribution in [0, 0.1) is 18.8 Å². The predicted molar refractivity (Wildman–Crippen MR) is 101 cm³/mol. The van der Waals surface area contributed by atoms with Crippen LogP contribution in [-0.4, -0.2) is 34.0 Å². The van der Waals surface area contributed by atoms with Gasteiger partial charge in [0.2, 0.25) is 0 Å². The van der Waals surface area contributed by atoms with Crippen molar-refractivity contribution in [1.82, 2.24) is 15.0 Å². The van der Waals surface area contributed by atoms with E-state index in [1.165, 1.54) is 25.7 Å². The number of carbonyl (C=O) groups is 1. The monoisotopic (exact) mass is 371 g/mol. The highest BCUT2D eigenvalue weighted by molar-refractivity contribution is 7.98. The topological polar surface area (TPSA) is 59.2 Å². The molecule has 2 atom stereocenters. The molecule has 5 nitrogen and oxygen atoms in total. The number of hydrogen-bond acceptors (Lipinski definition) is 5. The van der Waals surface area contributed by atoms with Gasteiger partial charge in [0.25, 0.3) is 5.91 Å². The predicted octanol–water partition coefficient (Wildman–Crippen LogP) is 4.32. The summed E-state index contributed by atoms with van der Waals surface area (Å²) in [4.78, 5) is 19.7. The number of piperidine rings is 1. The maximum absolute atomic E-state index is 13.1. The van der Waals surface area contributed by atoms with E-state index in [4.69, 9.17) is 4.52 Å². The molecule has 6 heteroatoms. The summed E-state index contributed by atoms with van der Waals surface area (Å²) in [6, 6.07) is 5.68. The van der Waals surface area contributed by atoms with Gasteiger partial charge in [-0.05, 0) is 43.7 Å². The molecule has 0 bridgehead atoms. The van der Waals surface area contributed by atoms with Crippen molar-refractivity contribution in [3.05, 3.63) is 41.4 Å². The first kappa shape index (κ1) is 17.6. The number of amides is 1. The largest absolute Gasteiger partial charge is 0.361 e. The molecule has 2 aliphatic rings. The Balaban J connectivity index is 1.45. The van der Waals surface area contributed by atoms with Crippen LogP contribution >= 0.6 is 11.8 Å². The van der Waals surface area contributed by atoms with Crippen molar-refractivity contribution in [3.8, 4) is 0 Å². The molecule has 1 saturated carbocycles. The summed E-state index contributed by atoms with van der Waals surface area (Å²) >= 11 is 1.55. The van der Waals surface area contributed by atoms with E-state index in [9.17, 15) is 4.79 Å². The molecular weight excluding hydrogens is 346 g/mol. The van der Waals surface area contributed by atoms with Crippen LogP contribution in [0.5, 0.6) is 0 Å². The fourth-order valence-corrected chi connectivity index (χ4v) is 5.12. The second-order valence-electron chi connectivity index (χ2n) is 7.42. The molecule has 1 amide bonds. The summed E-state index contributed by atoms with van der Waals surface area (Å²) < 4.78 is 5.12. The zero-order valence-corrected chi connectivity index (χ0v) is 16.0. The van der Waals surface area contributed by atoms with Crippen molar-refractivity contribution in [2.75, 3.05) is 13.1 Å². The second kappa shape index (κ2) is 7.82. The van der Waals surface area contributed by atoms with Gasteiger partial charge in [-0.15, -0.1) is 0 Å². The number of nitrogens with zero attached hydrogens (tertiary/aromatic N) is 3. The molecule has 0 spiro atoms. The molecule has 26 heavy (non-hydrogen) atoms. The van der Waals surface area contributed by atoms with Gasteiger partial charge in [-0.1, -0.05) is 36.2 Å². The lowest BCUT2D eigenvalue weighted by molar-refractivity contribution is 0.0517. The average molecular weight is 372 g/mol. The van der Waals surface area contributed by atoms with E-state index in [0.29, 0.717) is 17.2 Å². The van der Waals surface area contributed by atoms with Gasteiger partial charge in [0, 0.05) is 31.1 Å². The van der Waals surface area contributed by atoms with Gasteiger partial charge in [-0.3, -0.25) is 4.79 Å². The summed E-state index contributed by atoms with van der Waals surface area (Å²) in [5, 5.41) is 4.80. The molecule has 2 unspecified atom stereocenters. The summed E-state index contributed by atoms with van der Waals surface area (Å²) in [5.74, 6) is 3.09. The highest BCUT2D eigenvalue weighted by Crippen LogP contribution is 2.37. The number of thioether (sulfide) groups is 1. The van der Waals surface area contributed by atoms with Crippen molar-refractivity contribution >= 4 is 17.7 Å². The number of hydrogen-bond donors (Lipinski definition) is 0. The maximum atomic E-state index is 13.1. The van der Waals surface area contributed by atoms with Gasteiger partial charge >= 0.3 is 0 Å². The molecule has 2 fully saturated rings. The lowest BCUT2D eigenvalue weighted by Crippen LogP contribution is -2.44. The zero-order valence-electron chi connectivity index (χ0n) is 15.2. The minimum Gasteiger partial charge on any atom is -0.361 e. The Hall–Kier alpha value is -1.82. The number of rotatable bonds is 4. The number of aryl methyl sites for hydroxylation is 1. The van der Waals surface area contributed by atoms with Crippen LogP contribution in [0.25, 0.3) is 0 Å². The van der Waals surface area contributed by atoms with E-state index in [2.05, 4.69) is 10.1 Å². The van der Waals surface area contributed by atoms with E-state index in [1.807, 2.05) is 30.0 Å². The lowest BCUT2D eigenvalue weighted by atomic mass is 9.75. The smallest absolute Gasteiger partial charge is 0.256 e. The molecule has 4 rings (SSSR count). The van der Waals surface area contributed by atoms with Gasteiger partial charge in [0.15, 0.2) is 0 Å². The highest BCUT2D eigenvalue weighted by atomic mass is 32.2. The van der Waals surface area contributed by atoms with Crippen molar-refractivity contribution < 1.29 is 9.32 Å². The maximum Gasteiger partial charge on any atom is 0.256 e. The quantitative estimate of drug-likeness (QED) is 0.749. The number of carbonyl (C=O) groups excluding carboxylic acids is 1. The van der Waals surface area contributed by atoms with E-state index in [1.54, 1.807) is 18.0 Å². The van der Waals surface area contributed by atoms with E-state index in [0.717, 1.165) is 41.9 Å². The molecule has 2 aromatic heterocycles. The van der Waals surface area contributed by atoms with Crippen molar-refractivity contribution in [1.29, 1.82) is 0 Å². The molecule has 3 heterocycles. The first-order valence-corrected chi connectivity index (χ1v) is 10.5. The third-order valence-electron chi connectivity index (χ3n) is 5.61. The third kappa shape index (κ3) is 3.80. The molecule has 138 valence electrons. The van der Waals surface area contributed by atoms with Gasteiger partial charge in [0.05, 0.1) is 11.3 Å². The minimum absolute atomic E-state index is 0.126. The SMILES string of the molecule is Cc1cc(CSc2ncccc2C(=O)N2CCC3CCCCC3C2)no1. The first-order chi connectivity index (χ1) is 12.7. The van der Waals surface area contributed by atoms with Crippen LogP contribution in [0.3, 0.4) is 0 Å². The summed E-state index contributed by atoms with van der Waals surface area (Å²) in [6.07, 6.45) is 8.19. The molecule has 1 aliphatic carbocycles. The Morgan fingerprint density at radius 1 is 1.31 bits per heavy atom. The molecule has 2 aromatic rings. The number of likely N-dealkylation sites (tertiary alicyclic amines) is 1. The number of fused-ring (bicyclic) bond motifs is 1.